The van der Waals surface area contributed by atoms with Crippen LogP contribution in [-0.2, 0) is 4.79 Å². The Morgan fingerprint density at radius 3 is 2.65 bits per heavy atom. The van der Waals surface area contributed by atoms with Gasteiger partial charge in [0.1, 0.15) is 0 Å². The van der Waals surface area contributed by atoms with Gasteiger partial charge in [0.05, 0.1) is 12.5 Å². The third-order valence-electron chi connectivity index (χ3n) is 4.14. The van der Waals surface area contributed by atoms with Gasteiger partial charge in [-0.2, -0.15) is 0 Å². The van der Waals surface area contributed by atoms with Gasteiger partial charge in [0.25, 0.3) is 0 Å². The predicted octanol–water partition coefficient (Wildman–Crippen LogP) is 0.901. The fourth-order valence-electron chi connectivity index (χ4n) is 2.27. The largest absolute Gasteiger partial charge is 0.396 e. The van der Waals surface area contributed by atoms with E-state index in [4.69, 9.17) is 0 Å². The summed E-state index contributed by atoms with van der Waals surface area (Å²) in [6.07, 6.45) is 3.83. The number of nitrogens with one attached hydrogen (secondary N) is 2. The number of amides is 1. The number of aliphatic hydroxyl groups excluding tert-OH is 1. The first-order valence-electron chi connectivity index (χ1n) is 6.76. The number of aliphatic hydroxyl groups is 1. The van der Waals surface area contributed by atoms with Gasteiger partial charge < -0.3 is 15.7 Å². The lowest BCUT2D eigenvalue weighted by Gasteiger charge is -2.31. The Balaban J connectivity index is 2.40. The minimum absolute atomic E-state index is 0.105. The van der Waals surface area contributed by atoms with Crippen LogP contribution in [0.15, 0.2) is 0 Å². The summed E-state index contributed by atoms with van der Waals surface area (Å²) in [6, 6.07) is 0. The standard InChI is InChI=1S/C13H26N2O2/c1-3-13(4-2,10-16)9-15-12(17)11-6-5-7-14-8-11/h11,14,16H,3-10H2,1-2H3,(H,15,17)/t11-/m1/s1. The van der Waals surface area contributed by atoms with Gasteiger partial charge in [-0.15, -0.1) is 0 Å². The summed E-state index contributed by atoms with van der Waals surface area (Å²) in [5.74, 6) is 0.241. The number of rotatable bonds is 6. The monoisotopic (exact) mass is 242 g/mol. The van der Waals surface area contributed by atoms with Gasteiger partial charge in [-0.3, -0.25) is 4.79 Å². The molecule has 4 heteroatoms. The molecule has 1 amide bonds. The smallest absolute Gasteiger partial charge is 0.224 e. The molecule has 0 aliphatic carbocycles. The summed E-state index contributed by atoms with van der Waals surface area (Å²) in [7, 11) is 0. The van der Waals surface area contributed by atoms with Crippen molar-refractivity contribution in [1.29, 1.82) is 0 Å². The van der Waals surface area contributed by atoms with Crippen molar-refractivity contribution in [3.05, 3.63) is 0 Å². The van der Waals surface area contributed by atoms with Gasteiger partial charge in [-0.05, 0) is 32.2 Å². The lowest BCUT2D eigenvalue weighted by atomic mass is 9.83. The molecule has 0 unspecified atom stereocenters. The molecule has 17 heavy (non-hydrogen) atoms. The van der Waals surface area contributed by atoms with Crippen LogP contribution in [0.1, 0.15) is 39.5 Å². The van der Waals surface area contributed by atoms with Crippen molar-refractivity contribution < 1.29 is 9.90 Å². The molecule has 1 saturated heterocycles. The van der Waals surface area contributed by atoms with E-state index in [1.807, 2.05) is 0 Å². The molecule has 3 N–H and O–H groups in total. The zero-order chi connectivity index (χ0) is 12.7. The molecule has 0 aromatic heterocycles. The van der Waals surface area contributed by atoms with Crippen molar-refractivity contribution in [1.82, 2.24) is 10.6 Å². The van der Waals surface area contributed by atoms with Crippen molar-refractivity contribution in [2.75, 3.05) is 26.2 Å². The van der Waals surface area contributed by atoms with Crippen LogP contribution in [0.5, 0.6) is 0 Å². The van der Waals surface area contributed by atoms with Crippen LogP contribution in [0.25, 0.3) is 0 Å². The predicted molar refractivity (Wildman–Crippen MR) is 68.7 cm³/mol. The van der Waals surface area contributed by atoms with E-state index in [2.05, 4.69) is 24.5 Å². The average molecular weight is 242 g/mol. The Kier molecular flexibility index (Phi) is 5.92. The minimum atomic E-state index is -0.141. The summed E-state index contributed by atoms with van der Waals surface area (Å²) in [5.41, 5.74) is -0.141. The van der Waals surface area contributed by atoms with E-state index in [1.165, 1.54) is 0 Å². The van der Waals surface area contributed by atoms with Crippen LogP contribution < -0.4 is 10.6 Å². The summed E-state index contributed by atoms with van der Waals surface area (Å²) in [5, 5.41) is 15.7. The van der Waals surface area contributed by atoms with Crippen molar-refractivity contribution in [3.8, 4) is 0 Å². The molecule has 0 aromatic carbocycles. The maximum Gasteiger partial charge on any atom is 0.224 e. The summed E-state index contributed by atoms with van der Waals surface area (Å²) in [6.45, 7) is 6.67. The molecule has 0 radical (unpaired) electrons. The van der Waals surface area contributed by atoms with Crippen LogP contribution in [0.2, 0.25) is 0 Å². The molecule has 1 fully saturated rings. The molecule has 1 aliphatic heterocycles. The molecule has 1 atom stereocenters. The second kappa shape index (κ2) is 6.97. The number of hydrogen-bond donors (Lipinski definition) is 3. The lowest BCUT2D eigenvalue weighted by molar-refractivity contribution is -0.126. The maximum atomic E-state index is 12.0. The first-order chi connectivity index (χ1) is 8.17. The quantitative estimate of drug-likeness (QED) is 0.648. The summed E-state index contributed by atoms with van der Waals surface area (Å²) >= 11 is 0. The molecule has 0 spiro atoms. The molecule has 4 nitrogen and oxygen atoms in total. The van der Waals surface area contributed by atoms with Gasteiger partial charge in [0.15, 0.2) is 0 Å². The van der Waals surface area contributed by atoms with E-state index >= 15 is 0 Å². The Morgan fingerprint density at radius 1 is 1.47 bits per heavy atom. The molecule has 1 rings (SSSR count). The van der Waals surface area contributed by atoms with Crippen LogP contribution in [0, 0.1) is 11.3 Å². The van der Waals surface area contributed by atoms with E-state index in [0.717, 1.165) is 38.8 Å². The van der Waals surface area contributed by atoms with E-state index in [0.29, 0.717) is 6.54 Å². The van der Waals surface area contributed by atoms with Crippen molar-refractivity contribution in [2.45, 2.75) is 39.5 Å². The molecule has 0 aromatic rings. The fourth-order valence-corrected chi connectivity index (χ4v) is 2.27. The molecule has 100 valence electrons. The molecule has 0 saturated carbocycles. The van der Waals surface area contributed by atoms with Gasteiger partial charge in [0.2, 0.25) is 5.91 Å². The SMILES string of the molecule is CCC(CC)(CO)CNC(=O)[C@@H]1CCCNC1. The van der Waals surface area contributed by atoms with E-state index in [-0.39, 0.29) is 23.8 Å². The van der Waals surface area contributed by atoms with E-state index in [9.17, 15) is 9.90 Å². The minimum Gasteiger partial charge on any atom is -0.396 e. The van der Waals surface area contributed by atoms with Gasteiger partial charge in [-0.25, -0.2) is 0 Å². The summed E-state index contributed by atoms with van der Waals surface area (Å²) in [4.78, 5) is 12.0. The summed E-state index contributed by atoms with van der Waals surface area (Å²) < 4.78 is 0. The molecule has 0 bridgehead atoms. The Morgan fingerprint density at radius 2 is 2.18 bits per heavy atom. The fraction of sp³-hybridized carbons (Fsp3) is 0.923. The molecule has 1 aliphatic rings. The first kappa shape index (κ1) is 14.5. The highest BCUT2D eigenvalue weighted by Gasteiger charge is 2.28. The highest BCUT2D eigenvalue weighted by molar-refractivity contribution is 5.79. The molecular formula is C13H26N2O2. The van der Waals surface area contributed by atoms with Crippen molar-refractivity contribution in [3.63, 3.8) is 0 Å². The van der Waals surface area contributed by atoms with Gasteiger partial charge in [0, 0.05) is 18.5 Å². The zero-order valence-electron chi connectivity index (χ0n) is 11.1. The Hall–Kier alpha value is -0.610. The molecule has 1 heterocycles. The van der Waals surface area contributed by atoms with Gasteiger partial charge >= 0.3 is 0 Å². The lowest BCUT2D eigenvalue weighted by Crippen LogP contribution is -2.45. The van der Waals surface area contributed by atoms with Crippen LogP contribution in [-0.4, -0.2) is 37.3 Å². The maximum absolute atomic E-state index is 12.0. The topological polar surface area (TPSA) is 61.4 Å². The average Bonchev–Trinajstić information content (AvgIpc) is 2.41. The Labute approximate surface area is 104 Å². The number of hydrogen-bond acceptors (Lipinski definition) is 3. The van der Waals surface area contributed by atoms with E-state index < -0.39 is 0 Å². The second-order valence-corrected chi connectivity index (χ2v) is 5.13. The molecular weight excluding hydrogens is 216 g/mol. The number of carbonyl (C=O) groups is 1. The first-order valence-corrected chi connectivity index (χ1v) is 6.76. The highest BCUT2D eigenvalue weighted by Crippen LogP contribution is 2.24. The van der Waals surface area contributed by atoms with Crippen LogP contribution >= 0.6 is 0 Å². The number of carbonyl (C=O) groups excluding carboxylic acids is 1. The zero-order valence-corrected chi connectivity index (χ0v) is 11.1. The second-order valence-electron chi connectivity index (χ2n) is 5.13. The van der Waals surface area contributed by atoms with Crippen molar-refractivity contribution >= 4 is 5.91 Å². The number of piperidine rings is 1. The van der Waals surface area contributed by atoms with E-state index in [1.54, 1.807) is 0 Å². The van der Waals surface area contributed by atoms with Crippen LogP contribution in [0.3, 0.4) is 0 Å². The Bertz CT molecular complexity index is 225. The van der Waals surface area contributed by atoms with Crippen molar-refractivity contribution in [2.24, 2.45) is 11.3 Å². The van der Waals surface area contributed by atoms with Gasteiger partial charge in [-0.1, -0.05) is 13.8 Å². The third kappa shape index (κ3) is 3.96. The highest BCUT2D eigenvalue weighted by atomic mass is 16.3. The normalized spacial score (nSPS) is 21.2. The third-order valence-corrected chi connectivity index (χ3v) is 4.14. The van der Waals surface area contributed by atoms with Crippen LogP contribution in [0.4, 0.5) is 0 Å².